The Labute approximate surface area is 235 Å². The number of benzene rings is 3. The average molecular weight is 567 g/mol. The highest BCUT2D eigenvalue weighted by Crippen LogP contribution is 2.24. The van der Waals surface area contributed by atoms with Crippen LogP contribution in [0, 0.1) is 0 Å². The number of sulfonamides is 1. The minimum Gasteiger partial charge on any atom is -0.494 e. The van der Waals surface area contributed by atoms with Gasteiger partial charge in [0.15, 0.2) is 6.61 Å². The topological polar surface area (TPSA) is 126 Å². The predicted molar refractivity (Wildman–Crippen MR) is 155 cm³/mol. The molecule has 2 N–H and O–H groups in total. The Morgan fingerprint density at radius 2 is 1.52 bits per heavy atom. The van der Waals surface area contributed by atoms with Gasteiger partial charge in [0.1, 0.15) is 17.5 Å². The van der Waals surface area contributed by atoms with Crippen LogP contribution < -0.4 is 24.5 Å². The molecular weight excluding hydrogens is 532 g/mol. The SMILES string of the molecule is CCOc1ccc(N([C@@H](C)C(=O)N/N=C\c2ccc(OCC(=O)N[C@@H](C)c3ccccc3)cc2)S(C)(=O)=O)cc1. The highest BCUT2D eigenvalue weighted by molar-refractivity contribution is 7.92. The summed E-state index contributed by atoms with van der Waals surface area (Å²) in [4.78, 5) is 24.9. The molecule has 40 heavy (non-hydrogen) atoms. The molecule has 2 atom stereocenters. The van der Waals surface area contributed by atoms with Crippen molar-refractivity contribution in [1.29, 1.82) is 0 Å². The summed E-state index contributed by atoms with van der Waals surface area (Å²) in [7, 11) is -3.76. The first-order valence-corrected chi connectivity index (χ1v) is 14.6. The number of nitrogens with zero attached hydrogens (tertiary/aromatic N) is 2. The summed E-state index contributed by atoms with van der Waals surface area (Å²) >= 11 is 0. The normalized spacial score (nSPS) is 12.8. The average Bonchev–Trinajstić information content (AvgIpc) is 2.93. The van der Waals surface area contributed by atoms with E-state index >= 15 is 0 Å². The predicted octanol–water partition coefficient (Wildman–Crippen LogP) is 3.65. The molecule has 0 heterocycles. The third-order valence-corrected chi connectivity index (χ3v) is 7.05. The second-order valence-electron chi connectivity index (χ2n) is 8.95. The zero-order valence-corrected chi connectivity index (χ0v) is 23.7. The van der Waals surface area contributed by atoms with Gasteiger partial charge >= 0.3 is 0 Å². The van der Waals surface area contributed by atoms with E-state index in [2.05, 4.69) is 15.8 Å². The lowest BCUT2D eigenvalue weighted by molar-refractivity contribution is -0.124. The Balaban J connectivity index is 1.52. The maximum Gasteiger partial charge on any atom is 0.263 e. The molecule has 0 fully saturated rings. The molecule has 0 aliphatic carbocycles. The third kappa shape index (κ3) is 8.84. The van der Waals surface area contributed by atoms with Crippen LogP contribution in [0.15, 0.2) is 84.0 Å². The first-order chi connectivity index (χ1) is 19.1. The number of rotatable bonds is 13. The van der Waals surface area contributed by atoms with Gasteiger partial charge in [-0.05, 0) is 80.4 Å². The lowest BCUT2D eigenvalue weighted by atomic mass is 10.1. The molecule has 0 saturated heterocycles. The summed E-state index contributed by atoms with van der Waals surface area (Å²) in [6, 6.07) is 21.7. The zero-order chi connectivity index (χ0) is 29.1. The fourth-order valence-corrected chi connectivity index (χ4v) is 5.01. The fraction of sp³-hybridized carbons (Fsp3) is 0.276. The lowest BCUT2D eigenvalue weighted by Gasteiger charge is -2.27. The molecule has 0 bridgehead atoms. The first-order valence-electron chi connectivity index (χ1n) is 12.7. The fourth-order valence-electron chi connectivity index (χ4n) is 3.84. The van der Waals surface area contributed by atoms with Crippen LogP contribution in [0.4, 0.5) is 5.69 Å². The Kier molecular flexibility index (Phi) is 10.7. The number of carbonyl (C=O) groups excluding carboxylic acids is 2. The van der Waals surface area contributed by atoms with Crippen LogP contribution in [0.2, 0.25) is 0 Å². The Bertz CT molecular complexity index is 1390. The van der Waals surface area contributed by atoms with Gasteiger partial charge in [-0.2, -0.15) is 5.10 Å². The molecular formula is C29H34N4O6S. The van der Waals surface area contributed by atoms with Crippen molar-refractivity contribution in [3.63, 3.8) is 0 Å². The summed E-state index contributed by atoms with van der Waals surface area (Å²) in [5, 5.41) is 6.84. The Morgan fingerprint density at radius 1 is 0.925 bits per heavy atom. The van der Waals surface area contributed by atoms with Crippen molar-refractivity contribution in [3.05, 3.63) is 90.0 Å². The van der Waals surface area contributed by atoms with Gasteiger partial charge in [0, 0.05) is 0 Å². The van der Waals surface area contributed by atoms with Gasteiger partial charge in [-0.3, -0.25) is 13.9 Å². The van der Waals surface area contributed by atoms with E-state index in [-0.39, 0.29) is 18.6 Å². The van der Waals surface area contributed by atoms with Crippen LogP contribution in [0.3, 0.4) is 0 Å². The van der Waals surface area contributed by atoms with Gasteiger partial charge in [-0.15, -0.1) is 0 Å². The number of hydrogen-bond acceptors (Lipinski definition) is 7. The number of amides is 2. The summed E-state index contributed by atoms with van der Waals surface area (Å²) in [5.41, 5.74) is 4.38. The second kappa shape index (κ2) is 14.1. The molecule has 11 heteroatoms. The molecule has 0 aliphatic rings. The van der Waals surface area contributed by atoms with Crippen molar-refractivity contribution in [2.24, 2.45) is 5.10 Å². The minimum atomic E-state index is -3.76. The van der Waals surface area contributed by atoms with E-state index in [9.17, 15) is 18.0 Å². The van der Waals surface area contributed by atoms with Crippen LogP contribution in [0.1, 0.15) is 37.9 Å². The third-order valence-electron chi connectivity index (χ3n) is 5.81. The minimum absolute atomic E-state index is 0.135. The summed E-state index contributed by atoms with van der Waals surface area (Å²) in [6.07, 6.45) is 2.46. The number of hydrazone groups is 1. The Morgan fingerprint density at radius 3 is 2.12 bits per heavy atom. The van der Waals surface area contributed by atoms with Gasteiger partial charge in [0.05, 0.1) is 30.8 Å². The van der Waals surface area contributed by atoms with Gasteiger partial charge in [-0.25, -0.2) is 13.8 Å². The molecule has 0 unspecified atom stereocenters. The molecule has 3 rings (SSSR count). The van der Waals surface area contributed by atoms with Crippen molar-refractivity contribution in [1.82, 2.24) is 10.7 Å². The number of ether oxygens (including phenoxy) is 2. The van der Waals surface area contributed by atoms with E-state index < -0.39 is 22.0 Å². The summed E-state index contributed by atoms with van der Waals surface area (Å²) in [6.45, 7) is 5.57. The maximum absolute atomic E-state index is 12.7. The van der Waals surface area contributed by atoms with Gasteiger partial charge in [0.2, 0.25) is 10.0 Å². The quantitative estimate of drug-likeness (QED) is 0.240. The number of carbonyl (C=O) groups is 2. The van der Waals surface area contributed by atoms with E-state index in [0.29, 0.717) is 29.4 Å². The van der Waals surface area contributed by atoms with Gasteiger partial charge in [0.25, 0.3) is 11.8 Å². The van der Waals surface area contributed by atoms with E-state index in [1.165, 1.54) is 13.1 Å². The van der Waals surface area contributed by atoms with E-state index in [1.54, 1.807) is 48.5 Å². The van der Waals surface area contributed by atoms with Crippen molar-refractivity contribution in [3.8, 4) is 11.5 Å². The zero-order valence-electron chi connectivity index (χ0n) is 22.9. The molecule has 0 aromatic heterocycles. The van der Waals surface area contributed by atoms with E-state index in [4.69, 9.17) is 9.47 Å². The maximum atomic E-state index is 12.7. The van der Waals surface area contributed by atoms with Crippen molar-refractivity contribution in [2.45, 2.75) is 32.9 Å². The molecule has 10 nitrogen and oxygen atoms in total. The van der Waals surface area contributed by atoms with Crippen LogP contribution >= 0.6 is 0 Å². The highest BCUT2D eigenvalue weighted by atomic mass is 32.2. The van der Waals surface area contributed by atoms with E-state index in [1.807, 2.05) is 44.2 Å². The van der Waals surface area contributed by atoms with Gasteiger partial charge < -0.3 is 14.8 Å². The molecule has 3 aromatic rings. The monoisotopic (exact) mass is 566 g/mol. The molecule has 0 aliphatic heterocycles. The number of hydrogen-bond donors (Lipinski definition) is 2. The van der Waals surface area contributed by atoms with Crippen LogP contribution in [-0.2, 0) is 19.6 Å². The van der Waals surface area contributed by atoms with Crippen molar-refractivity contribution in [2.75, 3.05) is 23.8 Å². The van der Waals surface area contributed by atoms with Gasteiger partial charge in [-0.1, -0.05) is 30.3 Å². The summed E-state index contributed by atoms with van der Waals surface area (Å²) in [5.74, 6) is 0.244. The van der Waals surface area contributed by atoms with Crippen molar-refractivity contribution >= 4 is 33.7 Å². The summed E-state index contributed by atoms with van der Waals surface area (Å²) < 4.78 is 36.9. The van der Waals surface area contributed by atoms with Crippen LogP contribution in [0.25, 0.3) is 0 Å². The second-order valence-corrected chi connectivity index (χ2v) is 10.8. The standard InChI is InChI=1S/C29H34N4O6S/c1-5-38-26-17-13-25(14-18-26)33(40(4,36)37)22(3)29(35)32-30-19-23-11-15-27(16-12-23)39-20-28(34)31-21(2)24-9-7-6-8-10-24/h6-19,21-22H,5,20H2,1-4H3,(H,31,34)(H,32,35)/b30-19-/t21-,22-/m0/s1. The molecule has 3 aromatic carbocycles. The Hall–Kier alpha value is -4.38. The molecule has 2 amide bonds. The smallest absolute Gasteiger partial charge is 0.263 e. The molecule has 212 valence electrons. The first kappa shape index (κ1) is 30.2. The molecule has 0 radical (unpaired) electrons. The lowest BCUT2D eigenvalue weighted by Crippen LogP contribution is -2.46. The number of anilines is 1. The number of nitrogens with one attached hydrogen (secondary N) is 2. The molecule has 0 saturated carbocycles. The van der Waals surface area contributed by atoms with E-state index in [0.717, 1.165) is 16.1 Å². The van der Waals surface area contributed by atoms with Crippen molar-refractivity contribution < 1.29 is 27.5 Å². The van der Waals surface area contributed by atoms with Crippen LogP contribution in [0.5, 0.6) is 11.5 Å². The molecule has 0 spiro atoms. The highest BCUT2D eigenvalue weighted by Gasteiger charge is 2.29. The largest absolute Gasteiger partial charge is 0.494 e. The van der Waals surface area contributed by atoms with Crippen LogP contribution in [-0.4, -0.2) is 52.0 Å².